The van der Waals surface area contributed by atoms with Crippen molar-refractivity contribution in [1.82, 2.24) is 19.7 Å². The summed E-state index contributed by atoms with van der Waals surface area (Å²) in [5, 5.41) is 9.74. The molecular weight excluding hydrogens is 547 g/mol. The highest BCUT2D eigenvalue weighted by molar-refractivity contribution is 7.99. The number of hydrogen-bond acceptors (Lipinski definition) is 5. The van der Waals surface area contributed by atoms with Crippen molar-refractivity contribution in [2.45, 2.75) is 63.5 Å². The molecule has 1 amide bonds. The lowest BCUT2D eigenvalue weighted by Gasteiger charge is -2.30. The summed E-state index contributed by atoms with van der Waals surface area (Å²) in [6.07, 6.45) is 5.11. The molecule has 0 spiro atoms. The highest BCUT2D eigenvalue weighted by Crippen LogP contribution is 2.52. The first-order valence-electron chi connectivity index (χ1n) is 14.8. The smallest absolute Gasteiger partial charge is 0.233 e. The maximum Gasteiger partial charge on any atom is 0.233 e. The first kappa shape index (κ1) is 28.5. The third kappa shape index (κ3) is 6.54. The number of ether oxygens (including phenoxy) is 1. The highest BCUT2D eigenvalue weighted by Gasteiger charge is 2.43. The van der Waals surface area contributed by atoms with E-state index in [0.717, 1.165) is 17.0 Å². The Kier molecular flexibility index (Phi) is 8.89. The van der Waals surface area contributed by atoms with Gasteiger partial charge in [-0.05, 0) is 67.2 Å². The molecule has 2 bridgehead atoms. The minimum atomic E-state index is -0.401. The van der Waals surface area contributed by atoms with Gasteiger partial charge in [-0.15, -0.1) is 10.2 Å². The number of benzene rings is 3. The Morgan fingerprint density at radius 2 is 1.62 bits per heavy atom. The molecule has 1 heterocycles. The zero-order chi connectivity index (χ0) is 28.9. The minimum absolute atomic E-state index is 0.0407. The Labute approximate surface area is 251 Å². The van der Waals surface area contributed by atoms with Gasteiger partial charge >= 0.3 is 0 Å². The van der Waals surface area contributed by atoms with E-state index in [1.807, 2.05) is 65.6 Å². The van der Waals surface area contributed by atoms with Gasteiger partial charge in [0, 0.05) is 19.1 Å². The summed E-state index contributed by atoms with van der Waals surface area (Å²) in [4.78, 5) is 15.6. The molecule has 4 aromatic rings. The fourth-order valence-corrected chi connectivity index (χ4v) is 7.70. The van der Waals surface area contributed by atoms with Crippen LogP contribution in [0.3, 0.4) is 0 Å². The van der Waals surface area contributed by atoms with E-state index in [2.05, 4.69) is 21.7 Å². The maximum absolute atomic E-state index is 14.3. The van der Waals surface area contributed by atoms with Crippen LogP contribution in [0.2, 0.25) is 0 Å². The molecule has 6 rings (SSSR count). The second-order valence-electron chi connectivity index (χ2n) is 11.6. The maximum atomic E-state index is 14.3. The molecule has 0 N–H and O–H groups in total. The van der Waals surface area contributed by atoms with Crippen LogP contribution in [0, 0.1) is 23.6 Å². The van der Waals surface area contributed by atoms with E-state index in [-0.39, 0.29) is 30.1 Å². The molecule has 1 aromatic heterocycles. The normalized spacial score (nSPS) is 20.0. The Hall–Kier alpha value is -3.65. The van der Waals surface area contributed by atoms with Gasteiger partial charge in [-0.1, -0.05) is 91.0 Å². The SMILES string of the molecule is C[C@@H]([C@H]1C[C@H]2CC[C@H]1C2)n1c(COc2ccccc2F)nnc1SCC(=O)N(Cc1ccccc1)Cc1ccccc1. The Balaban J connectivity index is 1.21. The summed E-state index contributed by atoms with van der Waals surface area (Å²) in [7, 11) is 0. The summed E-state index contributed by atoms with van der Waals surface area (Å²) in [5.41, 5.74) is 2.18. The molecule has 0 radical (unpaired) electrons. The minimum Gasteiger partial charge on any atom is -0.483 e. The number of fused-ring (bicyclic) bond motifs is 2. The number of hydrogen-bond donors (Lipinski definition) is 0. The average molecular weight is 585 g/mol. The molecule has 8 heteroatoms. The van der Waals surface area contributed by atoms with Crippen molar-refractivity contribution in [3.05, 3.63) is 108 Å². The van der Waals surface area contributed by atoms with E-state index >= 15 is 0 Å². The van der Waals surface area contributed by atoms with Gasteiger partial charge in [0.1, 0.15) is 6.61 Å². The van der Waals surface area contributed by atoms with Crippen molar-refractivity contribution >= 4 is 17.7 Å². The molecule has 42 heavy (non-hydrogen) atoms. The van der Waals surface area contributed by atoms with Crippen molar-refractivity contribution < 1.29 is 13.9 Å². The van der Waals surface area contributed by atoms with Crippen LogP contribution in [-0.4, -0.2) is 31.3 Å². The van der Waals surface area contributed by atoms with Gasteiger partial charge in [0.25, 0.3) is 0 Å². The fourth-order valence-electron chi connectivity index (χ4n) is 6.75. The summed E-state index contributed by atoms with van der Waals surface area (Å²) in [5.74, 6) is 2.79. The monoisotopic (exact) mass is 584 g/mol. The first-order valence-corrected chi connectivity index (χ1v) is 15.8. The molecule has 3 aromatic carbocycles. The van der Waals surface area contributed by atoms with E-state index in [0.29, 0.717) is 35.9 Å². The zero-order valence-corrected chi connectivity index (χ0v) is 24.8. The van der Waals surface area contributed by atoms with Crippen LogP contribution in [0.5, 0.6) is 5.75 Å². The fraction of sp³-hybridized carbons (Fsp3) is 0.382. The quantitative estimate of drug-likeness (QED) is 0.163. The molecule has 2 aliphatic carbocycles. The largest absolute Gasteiger partial charge is 0.483 e. The van der Waals surface area contributed by atoms with Gasteiger partial charge < -0.3 is 9.64 Å². The Morgan fingerprint density at radius 3 is 2.24 bits per heavy atom. The third-order valence-electron chi connectivity index (χ3n) is 8.86. The van der Waals surface area contributed by atoms with Crippen molar-refractivity contribution in [3.63, 3.8) is 0 Å². The van der Waals surface area contributed by atoms with E-state index in [1.165, 1.54) is 43.5 Å². The average Bonchev–Trinajstić information content (AvgIpc) is 3.76. The first-order chi connectivity index (χ1) is 20.5. The summed E-state index contributed by atoms with van der Waals surface area (Å²) >= 11 is 1.43. The van der Waals surface area contributed by atoms with Crippen molar-refractivity contribution in [2.75, 3.05) is 5.75 Å². The van der Waals surface area contributed by atoms with Crippen LogP contribution < -0.4 is 4.74 Å². The van der Waals surface area contributed by atoms with Gasteiger partial charge in [0.2, 0.25) is 5.91 Å². The predicted octanol–water partition coefficient (Wildman–Crippen LogP) is 7.31. The number of halogens is 1. The van der Waals surface area contributed by atoms with Crippen molar-refractivity contribution in [1.29, 1.82) is 0 Å². The van der Waals surface area contributed by atoms with Crippen LogP contribution >= 0.6 is 11.8 Å². The standard InChI is InChI=1S/C34H37FN4O2S/c1-24(29-19-27-16-17-28(29)18-27)39-32(22-41-31-15-9-8-14-30(31)35)36-37-34(39)42-23-33(40)38(20-25-10-4-2-5-11-25)21-26-12-6-3-7-13-26/h2-15,24,27-29H,16-23H2,1H3/t24-,27-,28-,29+/m0/s1. The number of carbonyl (C=O) groups excluding carboxylic acids is 1. The highest BCUT2D eigenvalue weighted by atomic mass is 32.2. The second kappa shape index (κ2) is 13.1. The number of thioether (sulfide) groups is 1. The van der Waals surface area contributed by atoms with E-state index in [4.69, 9.17) is 4.74 Å². The van der Waals surface area contributed by atoms with Crippen LogP contribution in [0.1, 0.15) is 55.6 Å². The molecule has 2 fully saturated rings. The third-order valence-corrected chi connectivity index (χ3v) is 9.79. The molecule has 218 valence electrons. The molecule has 2 aliphatic rings. The lowest BCUT2D eigenvalue weighted by molar-refractivity contribution is -0.129. The lowest BCUT2D eigenvalue weighted by atomic mass is 9.84. The Morgan fingerprint density at radius 1 is 0.952 bits per heavy atom. The summed E-state index contributed by atoms with van der Waals surface area (Å²) in [6.45, 7) is 3.42. The van der Waals surface area contributed by atoms with Crippen LogP contribution in [-0.2, 0) is 24.5 Å². The zero-order valence-electron chi connectivity index (χ0n) is 23.9. The number of rotatable bonds is 12. The molecule has 6 nitrogen and oxygen atoms in total. The van der Waals surface area contributed by atoms with Crippen LogP contribution in [0.4, 0.5) is 4.39 Å². The number of carbonyl (C=O) groups is 1. The van der Waals surface area contributed by atoms with Gasteiger partial charge in [-0.3, -0.25) is 9.36 Å². The van der Waals surface area contributed by atoms with Crippen molar-refractivity contribution in [2.24, 2.45) is 17.8 Å². The molecular formula is C34H37FN4O2S. The second-order valence-corrected chi connectivity index (χ2v) is 12.5. The lowest BCUT2D eigenvalue weighted by Crippen LogP contribution is -2.31. The van der Waals surface area contributed by atoms with Gasteiger partial charge in [0.05, 0.1) is 5.75 Å². The number of amides is 1. The summed E-state index contributed by atoms with van der Waals surface area (Å²) < 4.78 is 22.3. The number of aromatic nitrogens is 3. The number of para-hydroxylation sites is 1. The molecule has 0 unspecified atom stereocenters. The molecule has 4 atom stereocenters. The predicted molar refractivity (Wildman–Crippen MR) is 162 cm³/mol. The van der Waals surface area contributed by atoms with E-state index < -0.39 is 5.82 Å². The van der Waals surface area contributed by atoms with Gasteiger partial charge in [0.15, 0.2) is 22.5 Å². The molecule has 2 saturated carbocycles. The van der Waals surface area contributed by atoms with Crippen LogP contribution in [0.15, 0.2) is 90.1 Å². The number of nitrogens with zero attached hydrogens (tertiary/aromatic N) is 4. The van der Waals surface area contributed by atoms with E-state index in [9.17, 15) is 9.18 Å². The van der Waals surface area contributed by atoms with Gasteiger partial charge in [-0.2, -0.15) is 0 Å². The van der Waals surface area contributed by atoms with Crippen LogP contribution in [0.25, 0.3) is 0 Å². The summed E-state index contributed by atoms with van der Waals surface area (Å²) in [6, 6.07) is 26.7. The molecule has 0 aliphatic heterocycles. The van der Waals surface area contributed by atoms with E-state index in [1.54, 1.807) is 18.2 Å². The van der Waals surface area contributed by atoms with Gasteiger partial charge in [-0.25, -0.2) is 4.39 Å². The Bertz CT molecular complexity index is 1440. The topological polar surface area (TPSA) is 60.2 Å². The van der Waals surface area contributed by atoms with Crippen molar-refractivity contribution in [3.8, 4) is 5.75 Å². The molecule has 0 saturated heterocycles.